The molecule has 0 radical (unpaired) electrons. The first-order valence-corrected chi connectivity index (χ1v) is 20.3. The number of carbonyl (C=O) groups is 5. The Morgan fingerprint density at radius 1 is 0.772 bits per heavy atom. The normalized spacial score (nSPS) is 18.2. The highest BCUT2D eigenvalue weighted by molar-refractivity contribution is 5.95. The Hall–Kier alpha value is -5.23. The molecule has 3 aromatic carbocycles. The Balaban J connectivity index is 1.42. The van der Waals surface area contributed by atoms with Crippen molar-refractivity contribution in [3.05, 3.63) is 101 Å². The smallest absolute Gasteiger partial charge is 0.251 e. The topological polar surface area (TPSA) is 189 Å². The van der Waals surface area contributed by atoms with Gasteiger partial charge in [-0.2, -0.15) is 0 Å². The molecule has 6 atom stereocenters. The van der Waals surface area contributed by atoms with Crippen LogP contribution in [0.25, 0.3) is 0 Å². The Bertz CT molecular complexity index is 1750. The van der Waals surface area contributed by atoms with Gasteiger partial charge in [-0.3, -0.25) is 24.0 Å². The molecule has 0 aromatic heterocycles. The molecule has 1 aliphatic rings. The van der Waals surface area contributed by atoms with Gasteiger partial charge < -0.3 is 36.8 Å². The number of benzene rings is 3. The predicted octanol–water partition coefficient (Wildman–Crippen LogP) is 4.76. The molecule has 0 saturated heterocycles. The number of amides is 5. The molecular formula is C45H61N5O7. The van der Waals surface area contributed by atoms with Crippen molar-refractivity contribution >= 4 is 29.5 Å². The molecule has 1 aliphatic carbocycles. The molecular weight excluding hydrogens is 723 g/mol. The molecule has 1 saturated carbocycles. The van der Waals surface area contributed by atoms with E-state index in [0.29, 0.717) is 48.3 Å². The molecule has 1 fully saturated rings. The number of hydrogen-bond acceptors (Lipinski definition) is 7. The van der Waals surface area contributed by atoms with E-state index in [1.165, 1.54) is 12.1 Å². The number of phenolic OH excluding ortho intramolecular Hbond substituents is 1. The van der Waals surface area contributed by atoms with Crippen molar-refractivity contribution in [1.82, 2.24) is 21.3 Å². The molecule has 0 spiro atoms. The van der Waals surface area contributed by atoms with Crippen LogP contribution in [0.3, 0.4) is 0 Å². The lowest BCUT2D eigenvalue weighted by Gasteiger charge is -2.37. The van der Waals surface area contributed by atoms with Crippen LogP contribution in [0, 0.1) is 17.8 Å². The fourth-order valence-corrected chi connectivity index (χ4v) is 7.36. The summed E-state index contributed by atoms with van der Waals surface area (Å²) in [6.45, 7) is 8.75. The van der Waals surface area contributed by atoms with Crippen LogP contribution < -0.4 is 27.0 Å². The van der Waals surface area contributed by atoms with Gasteiger partial charge in [-0.25, -0.2) is 0 Å². The van der Waals surface area contributed by atoms with Crippen molar-refractivity contribution in [2.45, 2.75) is 110 Å². The number of aromatic hydroxyl groups is 1. The maximum Gasteiger partial charge on any atom is 0.251 e. The van der Waals surface area contributed by atoms with Crippen molar-refractivity contribution in [3.8, 4) is 5.75 Å². The number of ether oxygens (including phenoxy) is 1. The van der Waals surface area contributed by atoms with E-state index in [4.69, 9.17) is 10.5 Å². The van der Waals surface area contributed by atoms with Gasteiger partial charge in [-0.15, -0.1) is 0 Å². The first kappa shape index (κ1) is 44.5. The summed E-state index contributed by atoms with van der Waals surface area (Å²) in [5.41, 5.74) is 8.87. The monoisotopic (exact) mass is 783 g/mol. The summed E-state index contributed by atoms with van der Waals surface area (Å²) in [6, 6.07) is 19.6. The number of aryl methyl sites for hydroxylation is 1. The Kier molecular flexibility index (Phi) is 17.6. The highest BCUT2D eigenvalue weighted by Gasteiger charge is 2.33. The molecule has 6 unspecified atom stereocenters. The Morgan fingerprint density at radius 3 is 1.98 bits per heavy atom. The minimum atomic E-state index is -1.16. The first-order chi connectivity index (χ1) is 27.3. The molecule has 4 rings (SSSR count). The summed E-state index contributed by atoms with van der Waals surface area (Å²) in [7, 11) is 0. The fraction of sp³-hybridized carbons (Fsp3) is 0.489. The summed E-state index contributed by atoms with van der Waals surface area (Å²) in [6.07, 6.45) is 5.27. The maximum absolute atomic E-state index is 14.1. The molecule has 12 heteroatoms. The average Bonchev–Trinajstić information content (AvgIpc) is 3.19. The maximum atomic E-state index is 14.1. The number of hydrogen-bond donors (Lipinski definition) is 6. The number of rotatable bonds is 21. The van der Waals surface area contributed by atoms with Crippen molar-refractivity contribution in [1.29, 1.82) is 0 Å². The van der Waals surface area contributed by atoms with E-state index in [2.05, 4.69) is 42.0 Å². The van der Waals surface area contributed by atoms with Crippen LogP contribution in [-0.2, 0) is 43.2 Å². The molecule has 308 valence electrons. The lowest BCUT2D eigenvalue weighted by molar-refractivity contribution is -0.136. The highest BCUT2D eigenvalue weighted by Crippen LogP contribution is 2.35. The van der Waals surface area contributed by atoms with E-state index in [-0.39, 0.29) is 43.6 Å². The minimum Gasteiger partial charge on any atom is -0.508 e. The quantitative estimate of drug-likeness (QED) is 0.0841. The van der Waals surface area contributed by atoms with E-state index in [1.54, 1.807) is 24.3 Å². The molecule has 0 bridgehead atoms. The van der Waals surface area contributed by atoms with Gasteiger partial charge in [-0.05, 0) is 97.2 Å². The van der Waals surface area contributed by atoms with E-state index < -0.39 is 41.8 Å². The van der Waals surface area contributed by atoms with E-state index >= 15 is 0 Å². The Labute approximate surface area is 337 Å². The lowest BCUT2D eigenvalue weighted by Crippen LogP contribution is -2.57. The van der Waals surface area contributed by atoms with Crippen LogP contribution in [0.4, 0.5) is 0 Å². The summed E-state index contributed by atoms with van der Waals surface area (Å²) in [5.74, 6) is -1.30. The number of nitrogens with two attached hydrogens (primary N) is 1. The van der Waals surface area contributed by atoms with Crippen molar-refractivity contribution in [2.24, 2.45) is 23.5 Å². The second kappa shape index (κ2) is 22.5. The summed E-state index contributed by atoms with van der Waals surface area (Å²) >= 11 is 0. The molecule has 0 aliphatic heterocycles. The molecule has 0 heterocycles. The van der Waals surface area contributed by atoms with Crippen LogP contribution in [0.15, 0.2) is 78.9 Å². The zero-order chi connectivity index (χ0) is 41.3. The van der Waals surface area contributed by atoms with Gasteiger partial charge in [0.05, 0.1) is 6.10 Å². The van der Waals surface area contributed by atoms with E-state index in [9.17, 15) is 29.1 Å². The number of unbranched alkanes of at least 4 members (excludes halogenated alkanes) is 1. The number of carbonyl (C=O) groups excluding carboxylic acids is 5. The summed E-state index contributed by atoms with van der Waals surface area (Å²) in [5, 5.41) is 21.1. The number of primary amides is 1. The van der Waals surface area contributed by atoms with Crippen LogP contribution in [-0.4, -0.2) is 72.0 Å². The molecule has 3 aromatic rings. The van der Waals surface area contributed by atoms with E-state index in [0.717, 1.165) is 36.8 Å². The first-order valence-electron chi connectivity index (χ1n) is 20.3. The standard InChI is InChI=1S/C45H61N5O7/c1-5-31-15-19-34(20-16-31)43(54)47-24-10-9-13-37(42(46)53)49-45(56)39(27-33-17-21-35(51)22-18-33)50-44(55)38(26-32-11-7-6-8-12-32)48-41(52)28-57-40-25-30(4)14-23-36(40)29(2)3/h6-8,11-12,15-22,29-30,36-40,51H,5,9-10,13-14,23-28H2,1-4H3,(H2,46,53)(H,47,54)(H,48,52)(H,49,56)(H,50,55). The number of nitrogens with one attached hydrogen (secondary N) is 4. The van der Waals surface area contributed by atoms with E-state index in [1.807, 2.05) is 49.4 Å². The zero-order valence-corrected chi connectivity index (χ0v) is 33.8. The van der Waals surface area contributed by atoms with Crippen molar-refractivity contribution < 1.29 is 33.8 Å². The highest BCUT2D eigenvalue weighted by atomic mass is 16.5. The second-order valence-electron chi connectivity index (χ2n) is 15.7. The van der Waals surface area contributed by atoms with Gasteiger partial charge in [0, 0.05) is 24.9 Å². The van der Waals surface area contributed by atoms with Gasteiger partial charge >= 0.3 is 0 Å². The van der Waals surface area contributed by atoms with Gasteiger partial charge in [0.2, 0.25) is 23.6 Å². The summed E-state index contributed by atoms with van der Waals surface area (Å²) < 4.78 is 6.19. The van der Waals surface area contributed by atoms with Crippen LogP contribution >= 0.6 is 0 Å². The molecule has 5 amide bonds. The van der Waals surface area contributed by atoms with Crippen molar-refractivity contribution in [2.75, 3.05) is 13.2 Å². The predicted molar refractivity (Wildman–Crippen MR) is 220 cm³/mol. The average molecular weight is 784 g/mol. The minimum absolute atomic E-state index is 0.0279. The lowest BCUT2D eigenvalue weighted by atomic mass is 9.75. The van der Waals surface area contributed by atoms with Crippen LogP contribution in [0.2, 0.25) is 0 Å². The number of phenols is 1. The van der Waals surface area contributed by atoms with Crippen molar-refractivity contribution in [3.63, 3.8) is 0 Å². The zero-order valence-electron chi connectivity index (χ0n) is 33.8. The third kappa shape index (κ3) is 14.7. The SMILES string of the molecule is CCc1ccc(C(=O)NCCCCC(NC(=O)C(Cc2ccc(O)cc2)NC(=O)C(Cc2ccccc2)NC(=O)COC2CC(C)CCC2C(C)C)C(N)=O)cc1. The van der Waals surface area contributed by atoms with Crippen LogP contribution in [0.1, 0.15) is 93.3 Å². The largest absolute Gasteiger partial charge is 0.508 e. The molecule has 57 heavy (non-hydrogen) atoms. The molecule has 7 N–H and O–H groups in total. The third-order valence-corrected chi connectivity index (χ3v) is 10.8. The third-order valence-electron chi connectivity index (χ3n) is 10.8. The summed E-state index contributed by atoms with van der Waals surface area (Å²) in [4.78, 5) is 66.5. The Morgan fingerprint density at radius 2 is 1.37 bits per heavy atom. The fourth-order valence-electron chi connectivity index (χ4n) is 7.36. The van der Waals surface area contributed by atoms with Gasteiger partial charge in [-0.1, -0.05) is 88.7 Å². The second-order valence-corrected chi connectivity index (χ2v) is 15.7. The van der Waals surface area contributed by atoms with Gasteiger partial charge in [0.1, 0.15) is 30.5 Å². The van der Waals surface area contributed by atoms with Crippen LogP contribution in [0.5, 0.6) is 5.75 Å². The van der Waals surface area contributed by atoms with Gasteiger partial charge in [0.25, 0.3) is 5.91 Å². The molecule has 12 nitrogen and oxygen atoms in total. The van der Waals surface area contributed by atoms with Gasteiger partial charge in [0.15, 0.2) is 0 Å².